The summed E-state index contributed by atoms with van der Waals surface area (Å²) < 4.78 is 5.84. The van der Waals surface area contributed by atoms with Gasteiger partial charge in [-0.3, -0.25) is 4.79 Å². The molecule has 0 bridgehead atoms. The zero-order valence-electron chi connectivity index (χ0n) is 13.2. The molecule has 1 spiro atoms. The van der Waals surface area contributed by atoms with Gasteiger partial charge >= 0.3 is 5.97 Å². The van der Waals surface area contributed by atoms with E-state index in [1.54, 1.807) is 12.1 Å². The third kappa shape index (κ3) is 2.83. The van der Waals surface area contributed by atoms with Gasteiger partial charge in [-0.1, -0.05) is 18.9 Å². The molecule has 2 saturated carbocycles. The van der Waals surface area contributed by atoms with Crippen LogP contribution >= 0.6 is 0 Å². The Morgan fingerprint density at radius 1 is 1.35 bits per heavy atom. The third-order valence-electron chi connectivity index (χ3n) is 5.19. The number of nitrogens with zero attached hydrogens (tertiary/aromatic N) is 1. The van der Waals surface area contributed by atoms with Gasteiger partial charge in [0, 0.05) is 18.1 Å². The van der Waals surface area contributed by atoms with Gasteiger partial charge in [0.05, 0.1) is 6.10 Å². The lowest BCUT2D eigenvalue weighted by molar-refractivity contribution is -0.127. The molecular weight excluding hydrogens is 296 g/mol. The normalized spacial score (nSPS) is 25.1. The van der Waals surface area contributed by atoms with Crippen LogP contribution in [-0.2, 0) is 4.74 Å². The molecule has 0 aliphatic heterocycles. The largest absolute Gasteiger partial charge is 0.477 e. The average Bonchev–Trinajstić information content (AvgIpc) is 3.06. The standard InChI is InChI=1S/C17H22N2O4/c1-2-23-14-10-13(17(14)8-3-4-9-17)19-15(20)11-6-5-7-12(18-11)16(21)22/h5-7,13-14H,2-4,8-10H2,1H3,(H,19,20)(H,21,22). The highest BCUT2D eigenvalue weighted by molar-refractivity contribution is 5.94. The fraction of sp³-hybridized carbons (Fsp3) is 0.588. The molecule has 0 aromatic carbocycles. The number of hydrogen-bond acceptors (Lipinski definition) is 4. The number of rotatable bonds is 5. The van der Waals surface area contributed by atoms with Gasteiger partial charge in [0.25, 0.3) is 5.91 Å². The topological polar surface area (TPSA) is 88.5 Å². The Kier molecular flexibility index (Phi) is 4.35. The molecule has 0 saturated heterocycles. The first kappa shape index (κ1) is 15.9. The van der Waals surface area contributed by atoms with Gasteiger partial charge in [-0.25, -0.2) is 9.78 Å². The first-order valence-corrected chi connectivity index (χ1v) is 8.19. The average molecular weight is 318 g/mol. The van der Waals surface area contributed by atoms with E-state index in [0.29, 0.717) is 6.61 Å². The summed E-state index contributed by atoms with van der Waals surface area (Å²) >= 11 is 0. The fourth-order valence-corrected chi connectivity index (χ4v) is 4.00. The van der Waals surface area contributed by atoms with E-state index in [9.17, 15) is 9.59 Å². The van der Waals surface area contributed by atoms with E-state index in [2.05, 4.69) is 10.3 Å². The quantitative estimate of drug-likeness (QED) is 0.869. The molecule has 6 nitrogen and oxygen atoms in total. The fourth-order valence-electron chi connectivity index (χ4n) is 4.00. The lowest BCUT2D eigenvalue weighted by Crippen LogP contribution is -2.63. The van der Waals surface area contributed by atoms with E-state index in [0.717, 1.165) is 19.3 Å². The molecule has 3 rings (SSSR count). The number of aromatic nitrogens is 1. The zero-order valence-corrected chi connectivity index (χ0v) is 13.2. The highest BCUT2D eigenvalue weighted by atomic mass is 16.5. The minimum atomic E-state index is -1.13. The number of carboxylic acids is 1. The van der Waals surface area contributed by atoms with Crippen LogP contribution in [0, 0.1) is 5.41 Å². The van der Waals surface area contributed by atoms with Crippen molar-refractivity contribution in [1.82, 2.24) is 10.3 Å². The summed E-state index contributed by atoms with van der Waals surface area (Å²) in [5, 5.41) is 12.0. The van der Waals surface area contributed by atoms with Gasteiger partial charge in [0.1, 0.15) is 11.4 Å². The van der Waals surface area contributed by atoms with E-state index in [4.69, 9.17) is 9.84 Å². The molecule has 2 fully saturated rings. The summed E-state index contributed by atoms with van der Waals surface area (Å²) in [5.41, 5.74) is 0.0859. The smallest absolute Gasteiger partial charge is 0.354 e. The summed E-state index contributed by atoms with van der Waals surface area (Å²) in [6.45, 7) is 2.69. The first-order valence-electron chi connectivity index (χ1n) is 8.19. The third-order valence-corrected chi connectivity index (χ3v) is 5.19. The molecule has 1 amide bonds. The minimum Gasteiger partial charge on any atom is -0.477 e. The second-order valence-electron chi connectivity index (χ2n) is 6.36. The molecule has 2 aliphatic carbocycles. The Labute approximate surface area is 135 Å². The van der Waals surface area contributed by atoms with Crippen molar-refractivity contribution in [1.29, 1.82) is 0 Å². The molecule has 2 atom stereocenters. The Bertz CT molecular complexity index is 610. The predicted octanol–water partition coefficient (Wildman–Crippen LogP) is 2.25. The monoisotopic (exact) mass is 318 g/mol. The van der Waals surface area contributed by atoms with Crippen molar-refractivity contribution < 1.29 is 19.4 Å². The minimum absolute atomic E-state index is 0.0517. The molecule has 124 valence electrons. The van der Waals surface area contributed by atoms with Gasteiger partial charge in [0.15, 0.2) is 0 Å². The lowest BCUT2D eigenvalue weighted by atomic mass is 9.60. The summed E-state index contributed by atoms with van der Waals surface area (Å²) in [6, 6.07) is 4.55. The van der Waals surface area contributed by atoms with Gasteiger partial charge in [-0.05, 0) is 38.3 Å². The first-order chi connectivity index (χ1) is 11.1. The van der Waals surface area contributed by atoms with Crippen LogP contribution in [0.2, 0.25) is 0 Å². The van der Waals surface area contributed by atoms with Crippen LogP contribution in [0.25, 0.3) is 0 Å². The molecule has 0 radical (unpaired) electrons. The van der Waals surface area contributed by atoms with Crippen molar-refractivity contribution in [3.05, 3.63) is 29.6 Å². The number of nitrogens with one attached hydrogen (secondary N) is 1. The van der Waals surface area contributed by atoms with Gasteiger partial charge < -0.3 is 15.2 Å². The number of hydrogen-bond donors (Lipinski definition) is 2. The molecule has 2 unspecified atom stereocenters. The van der Waals surface area contributed by atoms with Crippen molar-refractivity contribution in [2.75, 3.05) is 6.61 Å². The summed E-state index contributed by atoms with van der Waals surface area (Å²) in [5.74, 6) is -1.44. The van der Waals surface area contributed by atoms with Crippen molar-refractivity contribution in [3.63, 3.8) is 0 Å². The van der Waals surface area contributed by atoms with Crippen LogP contribution in [0.4, 0.5) is 0 Å². The molecule has 2 N–H and O–H groups in total. The van der Waals surface area contributed by atoms with Crippen LogP contribution < -0.4 is 5.32 Å². The number of aromatic carboxylic acids is 1. The molecular formula is C17H22N2O4. The van der Waals surface area contributed by atoms with Crippen molar-refractivity contribution in [2.45, 2.75) is 51.2 Å². The predicted molar refractivity (Wildman–Crippen MR) is 83.4 cm³/mol. The van der Waals surface area contributed by atoms with E-state index in [1.165, 1.54) is 18.9 Å². The van der Waals surface area contributed by atoms with Crippen LogP contribution in [0.3, 0.4) is 0 Å². The summed E-state index contributed by atoms with van der Waals surface area (Å²) in [7, 11) is 0. The maximum absolute atomic E-state index is 12.4. The Morgan fingerprint density at radius 2 is 2.04 bits per heavy atom. The van der Waals surface area contributed by atoms with Crippen LogP contribution in [0.1, 0.15) is 60.0 Å². The second-order valence-corrected chi connectivity index (χ2v) is 6.36. The number of pyridine rings is 1. The van der Waals surface area contributed by atoms with Crippen LogP contribution in [-0.4, -0.2) is 40.7 Å². The van der Waals surface area contributed by atoms with Crippen LogP contribution in [0.5, 0.6) is 0 Å². The number of ether oxygens (including phenoxy) is 1. The van der Waals surface area contributed by atoms with Gasteiger partial charge in [-0.15, -0.1) is 0 Å². The van der Waals surface area contributed by atoms with Crippen molar-refractivity contribution in [3.8, 4) is 0 Å². The highest BCUT2D eigenvalue weighted by Crippen LogP contribution is 2.54. The van der Waals surface area contributed by atoms with Crippen molar-refractivity contribution in [2.24, 2.45) is 5.41 Å². The Morgan fingerprint density at radius 3 is 2.70 bits per heavy atom. The van der Waals surface area contributed by atoms with Gasteiger partial charge in [-0.2, -0.15) is 0 Å². The summed E-state index contributed by atoms with van der Waals surface area (Å²) in [6.07, 6.45) is 5.53. The molecule has 6 heteroatoms. The maximum atomic E-state index is 12.4. The summed E-state index contributed by atoms with van der Waals surface area (Å²) in [4.78, 5) is 27.3. The van der Waals surface area contributed by atoms with Crippen LogP contribution in [0.15, 0.2) is 18.2 Å². The van der Waals surface area contributed by atoms with E-state index < -0.39 is 5.97 Å². The Hall–Kier alpha value is -1.95. The highest BCUT2D eigenvalue weighted by Gasteiger charge is 2.57. The number of carbonyl (C=O) groups excluding carboxylic acids is 1. The molecule has 1 aromatic rings. The molecule has 1 aromatic heterocycles. The molecule has 2 aliphatic rings. The lowest BCUT2D eigenvalue weighted by Gasteiger charge is -2.54. The van der Waals surface area contributed by atoms with Crippen molar-refractivity contribution >= 4 is 11.9 Å². The van der Waals surface area contributed by atoms with E-state index in [-0.39, 0.29) is 34.9 Å². The SMILES string of the molecule is CCOC1CC(NC(=O)c2cccc(C(=O)O)n2)C12CCCC2. The maximum Gasteiger partial charge on any atom is 0.354 e. The number of amides is 1. The number of carbonyl (C=O) groups is 2. The molecule has 1 heterocycles. The van der Waals surface area contributed by atoms with E-state index in [1.807, 2.05) is 6.92 Å². The second kappa shape index (κ2) is 6.28. The van der Waals surface area contributed by atoms with E-state index >= 15 is 0 Å². The Balaban J connectivity index is 1.71. The number of carboxylic acid groups (broad SMARTS) is 1. The van der Waals surface area contributed by atoms with Gasteiger partial charge in [0.2, 0.25) is 0 Å². The zero-order chi connectivity index (χ0) is 16.4. The molecule has 23 heavy (non-hydrogen) atoms.